The summed E-state index contributed by atoms with van der Waals surface area (Å²) in [4.78, 5) is 15.5. The first-order valence-electron chi connectivity index (χ1n) is 19.7. The number of hydrogen-bond acceptors (Lipinski definition) is 5. The molecule has 274 valence electrons. The van der Waals surface area contributed by atoms with Gasteiger partial charge in [-0.3, -0.25) is 0 Å². The van der Waals surface area contributed by atoms with Crippen LogP contribution in [-0.4, -0.2) is 19.5 Å². The van der Waals surface area contributed by atoms with Gasteiger partial charge in [0.05, 0.1) is 10.9 Å². The van der Waals surface area contributed by atoms with Crippen molar-refractivity contribution in [3.63, 3.8) is 0 Å². The Morgan fingerprint density at radius 3 is 1.97 bits per heavy atom. The summed E-state index contributed by atoms with van der Waals surface area (Å²) in [7, 11) is 0. The number of thiophene rings is 1. The Bertz CT molecular complexity index is 3380. The van der Waals surface area contributed by atoms with Crippen LogP contribution in [0.3, 0.4) is 0 Å². The number of para-hydroxylation sites is 2. The molecule has 4 aromatic heterocycles. The van der Waals surface area contributed by atoms with E-state index in [0.717, 1.165) is 61.6 Å². The van der Waals surface area contributed by atoms with Crippen LogP contribution >= 0.6 is 11.3 Å². The first-order chi connectivity index (χ1) is 28.7. The molecule has 1 aliphatic carbocycles. The van der Waals surface area contributed by atoms with Crippen LogP contribution in [-0.2, 0) is 0 Å². The van der Waals surface area contributed by atoms with Crippen LogP contribution in [0.15, 0.2) is 168 Å². The third kappa shape index (κ3) is 5.12. The lowest BCUT2D eigenvalue weighted by Crippen LogP contribution is -2.09. The van der Waals surface area contributed by atoms with Crippen molar-refractivity contribution in [1.82, 2.24) is 19.5 Å². The van der Waals surface area contributed by atoms with Gasteiger partial charge in [-0.15, -0.1) is 11.3 Å². The maximum absolute atomic E-state index is 6.76. The molecule has 0 spiro atoms. The van der Waals surface area contributed by atoms with Gasteiger partial charge in [-0.05, 0) is 72.2 Å². The Balaban J connectivity index is 1.14. The number of aromatic nitrogens is 4. The molecular weight excluding hydrogens is 729 g/mol. The fourth-order valence-corrected chi connectivity index (χ4v) is 10.3. The van der Waals surface area contributed by atoms with Gasteiger partial charge in [-0.25, -0.2) is 15.0 Å². The van der Waals surface area contributed by atoms with Crippen molar-refractivity contribution in [3.05, 3.63) is 181 Å². The van der Waals surface area contributed by atoms with Crippen molar-refractivity contribution in [1.29, 1.82) is 0 Å². The van der Waals surface area contributed by atoms with Crippen LogP contribution in [0.1, 0.15) is 36.1 Å². The van der Waals surface area contributed by atoms with Crippen molar-refractivity contribution in [2.45, 2.75) is 19.3 Å². The van der Waals surface area contributed by atoms with E-state index in [0.29, 0.717) is 17.5 Å². The molecule has 6 heteroatoms. The van der Waals surface area contributed by atoms with Gasteiger partial charge in [0.25, 0.3) is 0 Å². The van der Waals surface area contributed by atoms with Gasteiger partial charge < -0.3 is 8.98 Å². The molecule has 0 amide bonds. The lowest BCUT2D eigenvalue weighted by atomic mass is 9.84. The first-order valence-corrected chi connectivity index (χ1v) is 20.6. The van der Waals surface area contributed by atoms with E-state index in [1.165, 1.54) is 42.6 Å². The lowest BCUT2D eigenvalue weighted by Gasteiger charge is -2.24. The second kappa shape index (κ2) is 12.9. The Kier molecular flexibility index (Phi) is 7.37. The summed E-state index contributed by atoms with van der Waals surface area (Å²) in [6.07, 6.45) is 3.30. The molecule has 1 unspecified atom stereocenters. The van der Waals surface area contributed by atoms with E-state index in [4.69, 9.17) is 19.4 Å². The number of furan rings is 1. The number of rotatable bonds is 5. The third-order valence-electron chi connectivity index (χ3n) is 11.7. The molecule has 7 aromatic carbocycles. The average molecular weight is 763 g/mol. The van der Waals surface area contributed by atoms with Gasteiger partial charge >= 0.3 is 0 Å². The van der Waals surface area contributed by atoms with E-state index in [2.05, 4.69) is 139 Å². The van der Waals surface area contributed by atoms with Gasteiger partial charge in [0.15, 0.2) is 17.5 Å². The number of fused-ring (bicyclic) bond motifs is 10. The summed E-state index contributed by atoms with van der Waals surface area (Å²) in [5.41, 5.74) is 12.0. The van der Waals surface area contributed by atoms with E-state index in [9.17, 15) is 0 Å². The minimum Gasteiger partial charge on any atom is -0.455 e. The predicted molar refractivity (Wildman–Crippen MR) is 240 cm³/mol. The molecule has 0 saturated carbocycles. The molecule has 0 radical (unpaired) electrons. The van der Waals surface area contributed by atoms with E-state index in [-0.39, 0.29) is 5.92 Å². The number of nitrogens with zero attached hydrogens (tertiary/aromatic N) is 4. The van der Waals surface area contributed by atoms with Gasteiger partial charge in [0, 0.05) is 70.5 Å². The zero-order chi connectivity index (χ0) is 38.3. The van der Waals surface area contributed by atoms with Crippen LogP contribution in [0.25, 0.3) is 105 Å². The summed E-state index contributed by atoms with van der Waals surface area (Å²) in [6, 6.07) is 57.5. The number of benzene rings is 7. The number of hydrogen-bond donors (Lipinski definition) is 0. The smallest absolute Gasteiger partial charge is 0.165 e. The highest BCUT2D eigenvalue weighted by Gasteiger charge is 2.30. The standard InChI is InChI=1S/C52H34N4OS/c1-31-27-34(29-41-46-43(56(47(31)41)36-19-9-4-10-20-36)26-25-39-37-21-11-13-23-44(37)57-48(39)46)35-28-40-38-22-12-14-24-45(38)58-49(40)42(30-35)52-54-50(32-15-5-2-6-16-32)53-51(55-52)33-17-7-3-8-18-33/h2-26,28-31H,27H2,1H3. The molecule has 12 rings (SSSR count). The topological polar surface area (TPSA) is 56.7 Å². The van der Waals surface area contributed by atoms with Gasteiger partial charge in [-0.2, -0.15) is 0 Å². The quantitative estimate of drug-likeness (QED) is 0.175. The first kappa shape index (κ1) is 33.0. The summed E-state index contributed by atoms with van der Waals surface area (Å²) >= 11 is 1.80. The molecular formula is C52H34N4OS. The fraction of sp³-hybridized carbons (Fsp3) is 0.0577. The summed E-state index contributed by atoms with van der Waals surface area (Å²) in [5, 5.41) is 5.87. The monoisotopic (exact) mass is 762 g/mol. The van der Waals surface area contributed by atoms with Crippen LogP contribution in [0.5, 0.6) is 0 Å². The Labute approximate surface area is 338 Å². The molecule has 0 aliphatic heterocycles. The zero-order valence-corrected chi connectivity index (χ0v) is 32.4. The van der Waals surface area contributed by atoms with Crippen LogP contribution < -0.4 is 0 Å². The van der Waals surface area contributed by atoms with E-state index >= 15 is 0 Å². The molecule has 4 heterocycles. The minimum atomic E-state index is 0.215. The van der Waals surface area contributed by atoms with Crippen molar-refractivity contribution in [2.75, 3.05) is 0 Å². The molecule has 0 bridgehead atoms. The van der Waals surface area contributed by atoms with E-state index < -0.39 is 0 Å². The SMILES string of the molecule is CC1CC(c2cc(-c3nc(-c4ccccc4)nc(-c4ccccc4)n3)c3sc4ccccc4c3c2)=Cc2c1n(-c1ccccc1)c1ccc3c4ccccc4oc3c21. The van der Waals surface area contributed by atoms with Crippen molar-refractivity contribution < 1.29 is 4.42 Å². The highest BCUT2D eigenvalue weighted by Crippen LogP contribution is 2.49. The third-order valence-corrected chi connectivity index (χ3v) is 12.9. The number of allylic oxidation sites excluding steroid dienone is 1. The molecule has 1 aliphatic rings. The largest absolute Gasteiger partial charge is 0.455 e. The second-order valence-electron chi connectivity index (χ2n) is 15.2. The average Bonchev–Trinajstić information content (AvgIpc) is 3.97. The van der Waals surface area contributed by atoms with Gasteiger partial charge in [0.1, 0.15) is 11.2 Å². The van der Waals surface area contributed by atoms with Crippen LogP contribution in [0, 0.1) is 0 Å². The summed E-state index contributed by atoms with van der Waals surface area (Å²) in [6.45, 7) is 2.36. The van der Waals surface area contributed by atoms with Crippen molar-refractivity contribution in [2.24, 2.45) is 0 Å². The van der Waals surface area contributed by atoms with Crippen LogP contribution in [0.4, 0.5) is 0 Å². The van der Waals surface area contributed by atoms with Gasteiger partial charge in [-0.1, -0.05) is 122 Å². The lowest BCUT2D eigenvalue weighted by molar-refractivity contribution is 0.672. The molecule has 11 aromatic rings. The second-order valence-corrected chi connectivity index (χ2v) is 16.3. The predicted octanol–water partition coefficient (Wildman–Crippen LogP) is 14.1. The minimum absolute atomic E-state index is 0.215. The molecule has 1 atom stereocenters. The van der Waals surface area contributed by atoms with E-state index in [1.54, 1.807) is 11.3 Å². The van der Waals surface area contributed by atoms with Gasteiger partial charge in [0.2, 0.25) is 0 Å². The highest BCUT2D eigenvalue weighted by molar-refractivity contribution is 7.26. The highest BCUT2D eigenvalue weighted by atomic mass is 32.1. The summed E-state index contributed by atoms with van der Waals surface area (Å²) < 4.78 is 11.6. The van der Waals surface area contributed by atoms with Crippen molar-refractivity contribution >= 4 is 76.0 Å². The zero-order valence-electron chi connectivity index (χ0n) is 31.6. The summed E-state index contributed by atoms with van der Waals surface area (Å²) in [5.74, 6) is 2.19. The Morgan fingerprint density at radius 1 is 0.586 bits per heavy atom. The molecule has 0 saturated heterocycles. The van der Waals surface area contributed by atoms with Crippen LogP contribution in [0.2, 0.25) is 0 Å². The fourth-order valence-electron chi connectivity index (χ4n) is 9.06. The van der Waals surface area contributed by atoms with E-state index in [1.807, 2.05) is 42.5 Å². The Morgan fingerprint density at radius 2 is 1.22 bits per heavy atom. The molecule has 5 nitrogen and oxygen atoms in total. The molecule has 0 N–H and O–H groups in total. The maximum atomic E-state index is 6.76. The van der Waals surface area contributed by atoms with Crippen molar-refractivity contribution in [3.8, 4) is 39.9 Å². The molecule has 58 heavy (non-hydrogen) atoms. The Hall–Kier alpha value is -7.15. The molecule has 0 fully saturated rings. The maximum Gasteiger partial charge on any atom is 0.165 e. The normalized spacial score (nSPS) is 14.2.